The van der Waals surface area contributed by atoms with E-state index in [1.165, 1.54) is 38.5 Å². The molecule has 2 rings (SSSR count). The van der Waals surface area contributed by atoms with Gasteiger partial charge < -0.3 is 18.9 Å². The third kappa shape index (κ3) is 5.01. The zero-order valence-electron chi connectivity index (χ0n) is 13.4. The van der Waals surface area contributed by atoms with Crippen LogP contribution in [0.1, 0.15) is 10.4 Å². The molecule has 0 amide bonds. The first-order valence-electron chi connectivity index (χ1n) is 6.99. The van der Waals surface area contributed by atoms with Crippen LogP contribution in [0, 0.1) is 0 Å². The number of benzene rings is 2. The van der Waals surface area contributed by atoms with Crippen molar-refractivity contribution in [1.29, 1.82) is 0 Å². The second-order valence-electron chi connectivity index (χ2n) is 4.69. The summed E-state index contributed by atoms with van der Waals surface area (Å²) in [6, 6.07) is 8.92. The van der Waals surface area contributed by atoms with Crippen molar-refractivity contribution in [2.24, 2.45) is 0 Å². The number of halogens is 2. The van der Waals surface area contributed by atoms with E-state index in [9.17, 15) is 9.59 Å². The minimum atomic E-state index is -0.671. The summed E-state index contributed by atoms with van der Waals surface area (Å²) in [5, 5.41) is 0.732. The highest BCUT2D eigenvalue weighted by atomic mass is 35.5. The molecular formula is C17H14Cl2O6. The number of esters is 2. The predicted molar refractivity (Wildman–Crippen MR) is 91.9 cm³/mol. The summed E-state index contributed by atoms with van der Waals surface area (Å²) in [7, 11) is 2.65. The predicted octanol–water partition coefficient (Wildman–Crippen LogP) is 3.77. The molecule has 0 N–H and O–H groups in total. The smallest absolute Gasteiger partial charge is 0.349 e. The van der Waals surface area contributed by atoms with Gasteiger partial charge in [0.1, 0.15) is 5.75 Å². The van der Waals surface area contributed by atoms with Crippen molar-refractivity contribution in [3.63, 3.8) is 0 Å². The highest BCUT2D eigenvalue weighted by Crippen LogP contribution is 2.29. The van der Waals surface area contributed by atoms with Crippen molar-refractivity contribution in [2.45, 2.75) is 0 Å². The first kappa shape index (κ1) is 18.9. The first-order chi connectivity index (χ1) is 11.9. The Balaban J connectivity index is 2.03. The number of hydrogen-bond donors (Lipinski definition) is 0. The van der Waals surface area contributed by atoms with Gasteiger partial charge in [0, 0.05) is 5.02 Å². The molecule has 0 spiro atoms. The van der Waals surface area contributed by atoms with Crippen LogP contribution in [-0.2, 0) is 9.53 Å². The summed E-state index contributed by atoms with van der Waals surface area (Å²) in [4.78, 5) is 23.4. The van der Waals surface area contributed by atoms with Gasteiger partial charge >= 0.3 is 11.9 Å². The summed E-state index contributed by atoms with van der Waals surface area (Å²) in [6.07, 6.45) is 0. The Morgan fingerprint density at radius 3 is 2.32 bits per heavy atom. The fraction of sp³-hybridized carbons (Fsp3) is 0.176. The van der Waals surface area contributed by atoms with E-state index < -0.39 is 11.9 Å². The Bertz CT molecular complexity index is 791. The molecule has 0 heterocycles. The van der Waals surface area contributed by atoms with E-state index in [0.29, 0.717) is 10.8 Å². The van der Waals surface area contributed by atoms with Crippen molar-refractivity contribution in [3.8, 4) is 17.2 Å². The lowest BCUT2D eigenvalue weighted by Crippen LogP contribution is -2.18. The lowest BCUT2D eigenvalue weighted by atomic mass is 10.2. The fourth-order valence-corrected chi connectivity index (χ4v) is 2.34. The van der Waals surface area contributed by atoms with Crippen LogP contribution < -0.4 is 14.2 Å². The molecule has 2 aromatic carbocycles. The zero-order chi connectivity index (χ0) is 18.4. The number of rotatable bonds is 6. The number of hydrogen-bond acceptors (Lipinski definition) is 6. The maximum atomic E-state index is 11.9. The van der Waals surface area contributed by atoms with Crippen LogP contribution >= 0.6 is 23.2 Å². The van der Waals surface area contributed by atoms with Gasteiger partial charge in [0.05, 0.1) is 24.8 Å². The Morgan fingerprint density at radius 1 is 0.960 bits per heavy atom. The minimum absolute atomic E-state index is 0.144. The molecule has 0 atom stereocenters. The van der Waals surface area contributed by atoms with E-state index >= 15 is 0 Å². The van der Waals surface area contributed by atoms with Gasteiger partial charge in [0.2, 0.25) is 0 Å². The quantitative estimate of drug-likeness (QED) is 0.557. The van der Waals surface area contributed by atoms with Crippen LogP contribution in [0.3, 0.4) is 0 Å². The number of ether oxygens (including phenoxy) is 4. The highest BCUT2D eigenvalue weighted by Gasteiger charge is 2.15. The average Bonchev–Trinajstić information content (AvgIpc) is 2.60. The van der Waals surface area contributed by atoms with Gasteiger partial charge in [-0.3, -0.25) is 0 Å². The van der Waals surface area contributed by atoms with Crippen LogP contribution in [0.2, 0.25) is 10.0 Å². The van der Waals surface area contributed by atoms with E-state index in [1.54, 1.807) is 12.1 Å². The van der Waals surface area contributed by atoms with Crippen LogP contribution in [0.4, 0.5) is 0 Å². The van der Waals surface area contributed by atoms with Crippen molar-refractivity contribution >= 4 is 35.1 Å². The van der Waals surface area contributed by atoms with Crippen LogP contribution in [0.5, 0.6) is 17.2 Å². The van der Waals surface area contributed by atoms with Gasteiger partial charge in [-0.1, -0.05) is 23.2 Å². The van der Waals surface area contributed by atoms with Gasteiger partial charge in [-0.15, -0.1) is 0 Å². The highest BCUT2D eigenvalue weighted by molar-refractivity contribution is 6.35. The largest absolute Gasteiger partial charge is 0.493 e. The summed E-state index contributed by atoms with van der Waals surface area (Å²) < 4.78 is 20.2. The van der Waals surface area contributed by atoms with Crippen LogP contribution in [0.25, 0.3) is 0 Å². The van der Waals surface area contributed by atoms with E-state index in [4.69, 9.17) is 37.4 Å². The fourth-order valence-electron chi connectivity index (χ4n) is 1.88. The van der Waals surface area contributed by atoms with Crippen LogP contribution in [0.15, 0.2) is 36.4 Å². The lowest BCUT2D eigenvalue weighted by Gasteiger charge is -2.11. The van der Waals surface area contributed by atoms with E-state index in [2.05, 4.69) is 4.74 Å². The molecule has 0 aliphatic rings. The summed E-state index contributed by atoms with van der Waals surface area (Å²) in [5.74, 6) is -0.547. The summed E-state index contributed by atoms with van der Waals surface area (Å²) in [5.41, 5.74) is 0.267. The van der Waals surface area contributed by atoms with Crippen molar-refractivity contribution in [2.75, 3.05) is 20.8 Å². The second kappa shape index (κ2) is 8.60. The van der Waals surface area contributed by atoms with Gasteiger partial charge in [-0.25, -0.2) is 9.59 Å². The third-order valence-corrected chi connectivity index (χ3v) is 3.58. The van der Waals surface area contributed by atoms with Crippen LogP contribution in [-0.4, -0.2) is 32.8 Å². The Labute approximate surface area is 154 Å². The monoisotopic (exact) mass is 384 g/mol. The summed E-state index contributed by atoms with van der Waals surface area (Å²) >= 11 is 11.7. The average molecular weight is 385 g/mol. The maximum absolute atomic E-state index is 11.9. The zero-order valence-corrected chi connectivity index (χ0v) is 14.9. The van der Waals surface area contributed by atoms with Gasteiger partial charge in [0.15, 0.2) is 18.1 Å². The molecule has 0 fully saturated rings. The molecule has 25 heavy (non-hydrogen) atoms. The minimum Gasteiger partial charge on any atom is -0.493 e. The molecule has 6 nitrogen and oxygen atoms in total. The van der Waals surface area contributed by atoms with Gasteiger partial charge in [0.25, 0.3) is 0 Å². The topological polar surface area (TPSA) is 71.1 Å². The van der Waals surface area contributed by atoms with Gasteiger partial charge in [-0.2, -0.15) is 0 Å². The van der Waals surface area contributed by atoms with E-state index in [1.807, 2.05) is 0 Å². The maximum Gasteiger partial charge on any atom is 0.349 e. The molecule has 0 saturated heterocycles. The third-order valence-electron chi connectivity index (χ3n) is 3.05. The molecular weight excluding hydrogens is 371 g/mol. The molecule has 0 aliphatic heterocycles. The molecule has 132 valence electrons. The molecule has 0 aromatic heterocycles. The normalized spacial score (nSPS) is 10.1. The molecule has 0 unspecified atom stereocenters. The number of methoxy groups -OCH3 is 2. The Kier molecular flexibility index (Phi) is 6.50. The summed E-state index contributed by atoms with van der Waals surface area (Å²) in [6.45, 7) is -0.372. The standard InChI is InChI=1S/C17H14Cl2O6/c1-22-15-7-10(17(21)23-2)3-5-14(15)25-16(20)9-24-13-6-4-11(18)8-12(13)19/h3-8H,9H2,1-2H3. The number of carbonyl (C=O) groups is 2. The lowest BCUT2D eigenvalue weighted by molar-refractivity contribution is -0.136. The number of carbonyl (C=O) groups excluding carboxylic acids is 2. The first-order valence-corrected chi connectivity index (χ1v) is 7.75. The Morgan fingerprint density at radius 2 is 1.68 bits per heavy atom. The van der Waals surface area contributed by atoms with E-state index in [-0.39, 0.29) is 28.7 Å². The SMILES string of the molecule is COC(=O)c1ccc(OC(=O)COc2ccc(Cl)cc2Cl)c(OC)c1. The van der Waals surface area contributed by atoms with Crippen molar-refractivity contribution < 1.29 is 28.5 Å². The van der Waals surface area contributed by atoms with Crippen molar-refractivity contribution in [3.05, 3.63) is 52.0 Å². The Hall–Kier alpha value is -2.44. The molecule has 0 bridgehead atoms. The molecule has 0 aliphatic carbocycles. The molecule has 0 saturated carbocycles. The molecule has 2 aromatic rings. The van der Waals surface area contributed by atoms with Gasteiger partial charge in [-0.05, 0) is 36.4 Å². The molecule has 8 heteroatoms. The molecule has 0 radical (unpaired) electrons. The van der Waals surface area contributed by atoms with Crippen molar-refractivity contribution in [1.82, 2.24) is 0 Å². The van der Waals surface area contributed by atoms with E-state index in [0.717, 1.165) is 0 Å². The second-order valence-corrected chi connectivity index (χ2v) is 5.54.